The lowest BCUT2D eigenvalue weighted by molar-refractivity contribution is -0.385. The Kier molecular flexibility index (Phi) is 5.88. The number of aryl methyl sites for hydroxylation is 1. The van der Waals surface area contributed by atoms with Crippen molar-refractivity contribution in [2.24, 2.45) is 0 Å². The normalized spacial score (nSPS) is 17.1. The van der Waals surface area contributed by atoms with Gasteiger partial charge in [-0.15, -0.1) is 0 Å². The van der Waals surface area contributed by atoms with Crippen molar-refractivity contribution >= 4 is 33.4 Å². The number of nitrogens with zero attached hydrogens (tertiary/aromatic N) is 3. The number of carbonyl (C=O) groups excluding carboxylic acids is 1. The van der Waals surface area contributed by atoms with E-state index in [9.17, 15) is 23.3 Å². The molecule has 0 bridgehead atoms. The summed E-state index contributed by atoms with van der Waals surface area (Å²) in [7, 11) is -3.52. The lowest BCUT2D eigenvalue weighted by atomic mass is 10.0. The van der Waals surface area contributed by atoms with Crippen LogP contribution in [0, 0.1) is 10.1 Å². The third-order valence-corrected chi connectivity index (χ3v) is 7.57. The molecule has 2 aromatic carbocycles. The minimum Gasteiger partial charge on any atom is -0.309 e. The van der Waals surface area contributed by atoms with E-state index >= 15 is 0 Å². The van der Waals surface area contributed by atoms with Crippen LogP contribution in [0.5, 0.6) is 0 Å². The van der Waals surface area contributed by atoms with Gasteiger partial charge in [0.05, 0.1) is 15.4 Å². The Balaban J connectivity index is 1.59. The van der Waals surface area contributed by atoms with Gasteiger partial charge in [-0.3, -0.25) is 14.9 Å². The highest BCUT2D eigenvalue weighted by Crippen LogP contribution is 2.31. The van der Waals surface area contributed by atoms with Gasteiger partial charge < -0.3 is 4.90 Å². The average Bonchev–Trinajstić information content (AvgIpc) is 3.32. The van der Waals surface area contributed by atoms with E-state index in [1.807, 2.05) is 0 Å². The molecule has 0 atom stereocenters. The van der Waals surface area contributed by atoms with E-state index in [4.69, 9.17) is 0 Å². The number of amides is 1. The summed E-state index contributed by atoms with van der Waals surface area (Å²) < 4.78 is 27.2. The zero-order valence-corrected chi connectivity index (χ0v) is 17.8. The first-order valence-corrected chi connectivity index (χ1v) is 11.7. The second kappa shape index (κ2) is 8.60. The van der Waals surface area contributed by atoms with E-state index in [0.717, 1.165) is 18.4 Å². The molecular formula is C22H23N3O5S. The van der Waals surface area contributed by atoms with Gasteiger partial charge in [0.15, 0.2) is 0 Å². The number of hydrogen-bond donors (Lipinski definition) is 0. The number of carbonyl (C=O) groups is 1. The highest BCUT2D eigenvalue weighted by molar-refractivity contribution is 7.89. The zero-order chi connectivity index (χ0) is 22.0. The minimum atomic E-state index is -3.52. The maximum Gasteiger partial charge on any atom is 0.276 e. The van der Waals surface area contributed by atoms with Gasteiger partial charge in [0, 0.05) is 37.5 Å². The molecule has 1 saturated heterocycles. The summed E-state index contributed by atoms with van der Waals surface area (Å²) in [5, 5.41) is 11.2. The van der Waals surface area contributed by atoms with Crippen LogP contribution in [0.15, 0.2) is 53.4 Å². The molecule has 4 rings (SSSR count). The number of hydrogen-bond acceptors (Lipinski definition) is 5. The van der Waals surface area contributed by atoms with Gasteiger partial charge in [0.25, 0.3) is 11.6 Å². The molecular weight excluding hydrogens is 418 g/mol. The van der Waals surface area contributed by atoms with Crippen LogP contribution in [-0.4, -0.2) is 43.2 Å². The Bertz CT molecular complexity index is 1150. The van der Waals surface area contributed by atoms with Crippen LogP contribution in [0.1, 0.15) is 30.4 Å². The first-order valence-electron chi connectivity index (χ1n) is 10.2. The Morgan fingerprint density at radius 1 is 1.03 bits per heavy atom. The number of nitro benzene ring substituents is 1. The van der Waals surface area contributed by atoms with Crippen LogP contribution in [-0.2, 0) is 21.2 Å². The third-order valence-electron chi connectivity index (χ3n) is 5.68. The first-order chi connectivity index (χ1) is 14.9. The van der Waals surface area contributed by atoms with Crippen LogP contribution in [0.3, 0.4) is 0 Å². The van der Waals surface area contributed by atoms with Gasteiger partial charge in [-0.05, 0) is 61.6 Å². The van der Waals surface area contributed by atoms with Crippen molar-refractivity contribution in [2.75, 3.05) is 24.5 Å². The Hall–Kier alpha value is -3.04. The fraction of sp³-hybridized carbons (Fsp3) is 0.318. The Morgan fingerprint density at radius 2 is 1.77 bits per heavy atom. The molecule has 0 aromatic heterocycles. The molecule has 9 heteroatoms. The third kappa shape index (κ3) is 4.24. The van der Waals surface area contributed by atoms with Crippen molar-refractivity contribution in [2.45, 2.75) is 30.6 Å². The molecule has 2 heterocycles. The lowest BCUT2D eigenvalue weighted by Crippen LogP contribution is -2.34. The molecule has 0 aliphatic carbocycles. The molecule has 0 unspecified atom stereocenters. The summed E-state index contributed by atoms with van der Waals surface area (Å²) in [4.78, 5) is 25.4. The van der Waals surface area contributed by atoms with Crippen LogP contribution in [0.25, 0.3) is 6.08 Å². The molecule has 0 N–H and O–H groups in total. The summed E-state index contributed by atoms with van der Waals surface area (Å²) in [5.74, 6) is -0.297. The van der Waals surface area contributed by atoms with Crippen LogP contribution in [0.2, 0.25) is 0 Å². The van der Waals surface area contributed by atoms with Gasteiger partial charge in [0.2, 0.25) is 10.0 Å². The summed E-state index contributed by atoms with van der Waals surface area (Å²) in [6, 6.07) is 11.2. The zero-order valence-electron chi connectivity index (χ0n) is 16.9. The fourth-order valence-corrected chi connectivity index (χ4v) is 5.65. The minimum absolute atomic E-state index is 0.0673. The molecule has 8 nitrogen and oxygen atoms in total. The van der Waals surface area contributed by atoms with Gasteiger partial charge in [-0.25, -0.2) is 8.42 Å². The topological polar surface area (TPSA) is 101 Å². The maximum atomic E-state index is 12.9. The van der Waals surface area contributed by atoms with E-state index in [-0.39, 0.29) is 16.5 Å². The van der Waals surface area contributed by atoms with Crippen molar-refractivity contribution in [3.8, 4) is 0 Å². The predicted molar refractivity (Wildman–Crippen MR) is 117 cm³/mol. The van der Waals surface area contributed by atoms with E-state index in [1.165, 1.54) is 22.5 Å². The summed E-state index contributed by atoms with van der Waals surface area (Å²) in [6.45, 7) is 1.59. The maximum absolute atomic E-state index is 12.9. The number of benzene rings is 2. The van der Waals surface area contributed by atoms with Gasteiger partial charge in [-0.1, -0.05) is 12.1 Å². The van der Waals surface area contributed by atoms with Crippen LogP contribution < -0.4 is 4.90 Å². The molecule has 0 radical (unpaired) electrons. The van der Waals surface area contributed by atoms with Crippen molar-refractivity contribution in [1.29, 1.82) is 0 Å². The van der Waals surface area contributed by atoms with E-state index in [0.29, 0.717) is 43.7 Å². The summed E-state index contributed by atoms with van der Waals surface area (Å²) in [6.07, 6.45) is 5.92. The number of rotatable bonds is 5. The Morgan fingerprint density at radius 3 is 2.52 bits per heavy atom. The molecule has 2 aliphatic rings. The SMILES string of the molecule is O=C(/C=C/c1ccccc1[N+](=O)[O-])N1CCCc2cc(S(=O)(=O)N3CCCC3)ccc21. The highest BCUT2D eigenvalue weighted by Gasteiger charge is 2.29. The van der Waals surface area contributed by atoms with E-state index < -0.39 is 14.9 Å². The molecule has 1 fully saturated rings. The van der Waals surface area contributed by atoms with E-state index in [2.05, 4.69) is 0 Å². The Labute approximate surface area is 181 Å². The number of nitro groups is 1. The van der Waals surface area contributed by atoms with Crippen molar-refractivity contribution in [3.05, 3.63) is 69.8 Å². The molecule has 0 spiro atoms. The summed E-state index contributed by atoms with van der Waals surface area (Å²) in [5.41, 5.74) is 1.79. The second-order valence-corrected chi connectivity index (χ2v) is 9.58. The van der Waals surface area contributed by atoms with Crippen molar-refractivity contribution in [3.63, 3.8) is 0 Å². The molecule has 0 saturated carbocycles. The van der Waals surface area contributed by atoms with Gasteiger partial charge in [-0.2, -0.15) is 4.31 Å². The van der Waals surface area contributed by atoms with Crippen molar-refractivity contribution in [1.82, 2.24) is 4.31 Å². The average molecular weight is 442 g/mol. The monoisotopic (exact) mass is 441 g/mol. The molecule has 162 valence electrons. The fourth-order valence-electron chi connectivity index (χ4n) is 4.09. The van der Waals surface area contributed by atoms with Crippen LogP contribution >= 0.6 is 0 Å². The number of anilines is 1. The largest absolute Gasteiger partial charge is 0.309 e. The molecule has 2 aliphatic heterocycles. The predicted octanol–water partition coefficient (Wildman–Crippen LogP) is 3.37. The van der Waals surface area contributed by atoms with Crippen molar-refractivity contribution < 1.29 is 18.1 Å². The molecule has 2 aromatic rings. The lowest BCUT2D eigenvalue weighted by Gasteiger charge is -2.29. The highest BCUT2D eigenvalue weighted by atomic mass is 32.2. The first kappa shape index (κ1) is 21.2. The molecule has 1 amide bonds. The number of fused-ring (bicyclic) bond motifs is 1. The number of sulfonamides is 1. The molecule has 31 heavy (non-hydrogen) atoms. The van der Waals surface area contributed by atoms with Gasteiger partial charge in [0.1, 0.15) is 0 Å². The number of para-hydroxylation sites is 1. The van der Waals surface area contributed by atoms with Gasteiger partial charge >= 0.3 is 0 Å². The smallest absolute Gasteiger partial charge is 0.276 e. The van der Waals surface area contributed by atoms with Crippen LogP contribution in [0.4, 0.5) is 11.4 Å². The van der Waals surface area contributed by atoms with E-state index in [1.54, 1.807) is 41.3 Å². The summed E-state index contributed by atoms with van der Waals surface area (Å²) >= 11 is 0. The second-order valence-electron chi connectivity index (χ2n) is 7.64. The quantitative estimate of drug-likeness (QED) is 0.402. The standard InChI is InChI=1S/C22H23N3O5S/c26-22(12-9-17-6-1-2-8-21(17)25(27)28)24-15-5-7-18-16-19(10-11-20(18)24)31(29,30)23-13-3-4-14-23/h1-2,6,8-12,16H,3-5,7,13-15H2/b12-9+.